The van der Waals surface area contributed by atoms with E-state index in [1.54, 1.807) is 24.3 Å². The molecule has 0 atom stereocenters. The largest absolute Gasteiger partial charge is 0.436 e. The molecule has 1 amide bonds. The molecule has 0 aliphatic carbocycles. The molecule has 0 saturated carbocycles. The quantitative estimate of drug-likeness (QED) is 0.329. The van der Waals surface area contributed by atoms with Gasteiger partial charge in [-0.15, -0.1) is 0 Å². The first-order valence-electron chi connectivity index (χ1n) is 9.48. The molecule has 152 valence electrons. The second-order valence-corrected chi connectivity index (χ2v) is 9.43. The van der Waals surface area contributed by atoms with E-state index in [0.29, 0.717) is 38.8 Å². The van der Waals surface area contributed by atoms with Crippen molar-refractivity contribution in [3.8, 4) is 11.5 Å². The van der Waals surface area contributed by atoms with Gasteiger partial charge in [-0.1, -0.05) is 60.4 Å². The van der Waals surface area contributed by atoms with Crippen molar-refractivity contribution in [2.45, 2.75) is 26.2 Å². The number of aromatic nitrogens is 1. The molecule has 0 fully saturated rings. The molecule has 4 rings (SSSR count). The fraction of sp³-hybridized carbons (Fsp3) is 0.167. The summed E-state index contributed by atoms with van der Waals surface area (Å²) >= 11 is 9.73. The van der Waals surface area contributed by atoms with Crippen LogP contribution < -0.4 is 5.32 Å². The molecule has 1 N–H and O–H groups in total. The maximum absolute atomic E-state index is 12.6. The number of nitrogens with one attached hydrogen (secondary N) is 1. The van der Waals surface area contributed by atoms with Crippen LogP contribution in [0.1, 0.15) is 36.7 Å². The summed E-state index contributed by atoms with van der Waals surface area (Å²) in [6.45, 7) is 6.43. The van der Waals surface area contributed by atoms with E-state index in [4.69, 9.17) is 16.0 Å². The Morgan fingerprint density at radius 3 is 2.47 bits per heavy atom. The number of amides is 1. The maximum Gasteiger partial charge on any atom is 0.255 e. The molecular formula is C24H20BrClN2O2. The molecule has 0 saturated heterocycles. The van der Waals surface area contributed by atoms with Crippen molar-refractivity contribution in [1.82, 2.24) is 4.98 Å². The summed E-state index contributed by atoms with van der Waals surface area (Å²) in [5.74, 6) is 0.256. The molecule has 0 unspecified atom stereocenters. The minimum Gasteiger partial charge on any atom is -0.436 e. The second kappa shape index (κ2) is 7.89. The van der Waals surface area contributed by atoms with Crippen LogP contribution in [0.3, 0.4) is 0 Å². The molecule has 1 aromatic heterocycles. The van der Waals surface area contributed by atoms with Crippen molar-refractivity contribution in [2.24, 2.45) is 0 Å². The zero-order chi connectivity index (χ0) is 21.5. The highest BCUT2D eigenvalue weighted by molar-refractivity contribution is 9.10. The Bertz CT molecular complexity index is 1240. The predicted molar refractivity (Wildman–Crippen MR) is 125 cm³/mol. The van der Waals surface area contributed by atoms with Gasteiger partial charge < -0.3 is 9.73 Å². The van der Waals surface area contributed by atoms with Gasteiger partial charge in [0.2, 0.25) is 5.89 Å². The summed E-state index contributed by atoms with van der Waals surface area (Å²) in [7, 11) is 0. The Balaban J connectivity index is 1.58. The first kappa shape index (κ1) is 20.6. The first-order valence-corrected chi connectivity index (χ1v) is 10.7. The van der Waals surface area contributed by atoms with Crippen LogP contribution in [0.25, 0.3) is 22.6 Å². The number of carbonyl (C=O) groups is 1. The second-order valence-electron chi connectivity index (χ2n) is 8.11. The molecule has 0 bridgehead atoms. The van der Waals surface area contributed by atoms with E-state index in [0.717, 1.165) is 4.47 Å². The van der Waals surface area contributed by atoms with Crippen LogP contribution in [0, 0.1) is 0 Å². The van der Waals surface area contributed by atoms with Crippen LogP contribution in [-0.2, 0) is 5.41 Å². The number of nitrogens with zero attached hydrogens (tertiary/aromatic N) is 1. The Morgan fingerprint density at radius 1 is 1.03 bits per heavy atom. The van der Waals surface area contributed by atoms with Crippen LogP contribution in [0.5, 0.6) is 0 Å². The van der Waals surface area contributed by atoms with Gasteiger partial charge in [0.05, 0.1) is 10.6 Å². The highest BCUT2D eigenvalue weighted by Gasteiger charge is 2.16. The van der Waals surface area contributed by atoms with E-state index < -0.39 is 0 Å². The summed E-state index contributed by atoms with van der Waals surface area (Å²) in [6, 6.07) is 18.5. The lowest BCUT2D eigenvalue weighted by Crippen LogP contribution is -2.14. The SMILES string of the molecule is CC(C)(C)c1ccc(C(=O)Nc2ccc3oc(-c4cc(Br)ccc4Cl)nc3c2)cc1. The molecule has 0 radical (unpaired) electrons. The van der Waals surface area contributed by atoms with E-state index in [9.17, 15) is 4.79 Å². The number of hydrogen-bond donors (Lipinski definition) is 1. The molecule has 1 heterocycles. The zero-order valence-electron chi connectivity index (χ0n) is 16.8. The van der Waals surface area contributed by atoms with Gasteiger partial charge >= 0.3 is 0 Å². The van der Waals surface area contributed by atoms with E-state index in [2.05, 4.69) is 47.0 Å². The fourth-order valence-electron chi connectivity index (χ4n) is 3.11. The standard InChI is InChI=1S/C24H20BrClN2O2/c1-24(2,3)15-6-4-14(5-7-15)22(29)27-17-9-11-21-20(13-17)28-23(30-21)18-12-16(25)8-10-19(18)26/h4-13H,1-3H3,(H,27,29). The van der Waals surface area contributed by atoms with Gasteiger partial charge in [0, 0.05) is 15.7 Å². The Morgan fingerprint density at radius 2 is 1.77 bits per heavy atom. The van der Waals surface area contributed by atoms with E-state index >= 15 is 0 Å². The molecule has 3 aromatic carbocycles. The van der Waals surface area contributed by atoms with Crippen molar-refractivity contribution in [3.63, 3.8) is 0 Å². The molecule has 6 heteroatoms. The van der Waals surface area contributed by atoms with Crippen molar-refractivity contribution in [3.05, 3.63) is 81.3 Å². The average Bonchev–Trinajstić information content (AvgIpc) is 3.12. The third kappa shape index (κ3) is 4.27. The van der Waals surface area contributed by atoms with Crippen LogP contribution in [0.15, 0.2) is 69.6 Å². The fourth-order valence-corrected chi connectivity index (χ4v) is 3.67. The van der Waals surface area contributed by atoms with Gasteiger partial charge in [0.15, 0.2) is 5.58 Å². The van der Waals surface area contributed by atoms with E-state index in [1.807, 2.05) is 36.4 Å². The van der Waals surface area contributed by atoms with Gasteiger partial charge in [-0.3, -0.25) is 4.79 Å². The van der Waals surface area contributed by atoms with Crippen molar-refractivity contribution in [1.29, 1.82) is 0 Å². The van der Waals surface area contributed by atoms with Crippen molar-refractivity contribution < 1.29 is 9.21 Å². The lowest BCUT2D eigenvalue weighted by Gasteiger charge is -2.19. The number of fused-ring (bicyclic) bond motifs is 1. The summed E-state index contributed by atoms with van der Waals surface area (Å²) in [5, 5.41) is 3.48. The maximum atomic E-state index is 12.6. The van der Waals surface area contributed by atoms with Crippen molar-refractivity contribution >= 4 is 50.2 Å². The molecule has 0 aliphatic heterocycles. The summed E-state index contributed by atoms with van der Waals surface area (Å²) < 4.78 is 6.73. The topological polar surface area (TPSA) is 55.1 Å². The number of anilines is 1. The summed E-state index contributed by atoms with van der Waals surface area (Å²) in [4.78, 5) is 17.2. The lowest BCUT2D eigenvalue weighted by molar-refractivity contribution is 0.102. The third-order valence-corrected chi connectivity index (χ3v) is 5.64. The van der Waals surface area contributed by atoms with Gasteiger partial charge in [0.25, 0.3) is 5.91 Å². The van der Waals surface area contributed by atoms with Gasteiger partial charge in [-0.05, 0) is 59.5 Å². The monoisotopic (exact) mass is 482 g/mol. The Hall–Kier alpha value is -2.63. The first-order chi connectivity index (χ1) is 14.2. The number of hydrogen-bond acceptors (Lipinski definition) is 3. The van der Waals surface area contributed by atoms with Gasteiger partial charge in [-0.2, -0.15) is 0 Å². The normalized spacial score (nSPS) is 11.6. The zero-order valence-corrected chi connectivity index (χ0v) is 19.1. The number of oxazole rings is 1. The molecule has 30 heavy (non-hydrogen) atoms. The average molecular weight is 484 g/mol. The van der Waals surface area contributed by atoms with E-state index in [-0.39, 0.29) is 11.3 Å². The summed E-state index contributed by atoms with van der Waals surface area (Å²) in [5.41, 5.74) is 4.43. The highest BCUT2D eigenvalue weighted by Crippen LogP contribution is 2.33. The van der Waals surface area contributed by atoms with Gasteiger partial charge in [-0.25, -0.2) is 4.98 Å². The third-order valence-electron chi connectivity index (χ3n) is 4.82. The minimum absolute atomic E-state index is 0.0436. The van der Waals surface area contributed by atoms with Crippen LogP contribution in [0.4, 0.5) is 5.69 Å². The Labute approximate surface area is 188 Å². The highest BCUT2D eigenvalue weighted by atomic mass is 79.9. The predicted octanol–water partition coefficient (Wildman–Crippen LogP) is 7.46. The van der Waals surface area contributed by atoms with Crippen LogP contribution in [-0.4, -0.2) is 10.9 Å². The summed E-state index contributed by atoms with van der Waals surface area (Å²) in [6.07, 6.45) is 0. The van der Waals surface area contributed by atoms with Crippen molar-refractivity contribution in [2.75, 3.05) is 5.32 Å². The number of benzene rings is 3. The van der Waals surface area contributed by atoms with E-state index in [1.165, 1.54) is 5.56 Å². The van der Waals surface area contributed by atoms with Crippen LogP contribution >= 0.6 is 27.5 Å². The molecular weight excluding hydrogens is 464 g/mol. The van der Waals surface area contributed by atoms with Gasteiger partial charge in [0.1, 0.15) is 5.52 Å². The number of carbonyl (C=O) groups excluding carboxylic acids is 1. The van der Waals surface area contributed by atoms with Crippen LogP contribution in [0.2, 0.25) is 5.02 Å². The molecule has 0 spiro atoms. The Kier molecular flexibility index (Phi) is 5.43. The minimum atomic E-state index is -0.173. The molecule has 0 aliphatic rings. The smallest absolute Gasteiger partial charge is 0.255 e. The number of halogens is 2. The molecule has 4 nitrogen and oxygen atoms in total. The molecule has 4 aromatic rings. The number of rotatable bonds is 3. The lowest BCUT2D eigenvalue weighted by atomic mass is 9.87.